The monoisotopic (exact) mass is 417 g/mol. The van der Waals surface area contributed by atoms with Crippen LogP contribution in [0.5, 0.6) is 11.5 Å². The van der Waals surface area contributed by atoms with Crippen molar-refractivity contribution in [2.24, 2.45) is 5.73 Å². The van der Waals surface area contributed by atoms with Crippen LogP contribution in [-0.4, -0.2) is 46.6 Å². The number of primary amides is 1. The van der Waals surface area contributed by atoms with Gasteiger partial charge in [-0.2, -0.15) is 0 Å². The highest BCUT2D eigenvalue weighted by atomic mass is 32.2. The molecule has 0 saturated carbocycles. The molecule has 0 bridgehead atoms. The summed E-state index contributed by atoms with van der Waals surface area (Å²) in [5, 5.41) is 11.2. The van der Waals surface area contributed by atoms with Gasteiger partial charge < -0.3 is 24.9 Å². The summed E-state index contributed by atoms with van der Waals surface area (Å²) in [4.78, 5) is 23.9. The van der Waals surface area contributed by atoms with Crippen molar-refractivity contribution >= 4 is 29.3 Å². The highest BCUT2D eigenvalue weighted by Gasteiger charge is 2.19. The molecule has 0 aliphatic heterocycles. The molecule has 0 unspecified atom stereocenters. The third-order valence-electron chi connectivity index (χ3n) is 3.79. The van der Waals surface area contributed by atoms with Gasteiger partial charge in [0.05, 0.1) is 31.9 Å². The summed E-state index contributed by atoms with van der Waals surface area (Å²) in [7, 11) is 3.04. The first kappa shape index (κ1) is 20.3. The minimum atomic E-state index is -0.565. The largest absolute Gasteiger partial charge is 0.497 e. The van der Waals surface area contributed by atoms with Gasteiger partial charge in [-0.15, -0.1) is 10.2 Å². The number of rotatable bonds is 9. The maximum Gasteiger partial charge on any atom is 0.237 e. The van der Waals surface area contributed by atoms with Crippen molar-refractivity contribution in [1.29, 1.82) is 0 Å². The van der Waals surface area contributed by atoms with Crippen molar-refractivity contribution in [1.82, 2.24) is 14.8 Å². The summed E-state index contributed by atoms with van der Waals surface area (Å²) in [6, 6.07) is 8.47. The lowest BCUT2D eigenvalue weighted by Gasteiger charge is -2.11. The average Bonchev–Trinajstić information content (AvgIpc) is 3.36. The van der Waals surface area contributed by atoms with Gasteiger partial charge in [-0.3, -0.25) is 14.2 Å². The van der Waals surface area contributed by atoms with E-state index < -0.39 is 5.91 Å². The molecule has 2 amide bonds. The number of benzene rings is 1. The number of nitrogens with two attached hydrogens (primary N) is 1. The molecule has 0 radical (unpaired) electrons. The number of carbonyl (C=O) groups excluding carboxylic acids is 2. The van der Waals surface area contributed by atoms with Crippen LogP contribution in [0.1, 0.15) is 0 Å². The summed E-state index contributed by atoms with van der Waals surface area (Å²) < 4.78 is 17.2. The molecule has 0 atom stereocenters. The standard InChI is InChI=1S/C18H19N5O5S/c1-26-11-5-6-13(27-2)12(8-11)20-16(25)10-29-18-22-21-17(14-4-3-7-28-14)23(18)9-15(19)24/h3-8H,9-10H2,1-2H3,(H2,19,24)(H,20,25). The molecule has 0 fully saturated rings. The number of anilines is 1. The molecule has 3 rings (SSSR count). The van der Waals surface area contributed by atoms with Crippen LogP contribution in [0, 0.1) is 0 Å². The van der Waals surface area contributed by atoms with Crippen molar-refractivity contribution in [3.8, 4) is 23.1 Å². The van der Waals surface area contributed by atoms with Gasteiger partial charge in [0, 0.05) is 6.07 Å². The summed E-state index contributed by atoms with van der Waals surface area (Å²) in [6.07, 6.45) is 1.49. The Morgan fingerprint density at radius 1 is 1.24 bits per heavy atom. The average molecular weight is 417 g/mol. The van der Waals surface area contributed by atoms with E-state index in [0.29, 0.717) is 33.9 Å². The Kier molecular flexibility index (Phi) is 6.39. The van der Waals surface area contributed by atoms with E-state index in [1.807, 2.05) is 0 Å². The Morgan fingerprint density at radius 3 is 2.72 bits per heavy atom. The number of carbonyl (C=O) groups is 2. The number of hydrogen-bond acceptors (Lipinski definition) is 8. The molecular formula is C18H19N5O5S. The Morgan fingerprint density at radius 2 is 2.07 bits per heavy atom. The highest BCUT2D eigenvalue weighted by Crippen LogP contribution is 2.29. The quantitative estimate of drug-likeness (QED) is 0.503. The van der Waals surface area contributed by atoms with Gasteiger partial charge in [-0.05, 0) is 24.3 Å². The fraction of sp³-hybridized carbons (Fsp3) is 0.222. The predicted octanol–water partition coefficient (Wildman–Crippen LogP) is 1.77. The van der Waals surface area contributed by atoms with Crippen LogP contribution in [0.2, 0.25) is 0 Å². The van der Waals surface area contributed by atoms with Gasteiger partial charge in [0.2, 0.25) is 17.6 Å². The molecule has 10 nitrogen and oxygen atoms in total. The van der Waals surface area contributed by atoms with Crippen molar-refractivity contribution in [3.63, 3.8) is 0 Å². The number of furan rings is 1. The fourth-order valence-electron chi connectivity index (χ4n) is 2.51. The van der Waals surface area contributed by atoms with Crippen LogP contribution in [0.4, 0.5) is 5.69 Å². The van der Waals surface area contributed by atoms with E-state index in [-0.39, 0.29) is 18.2 Å². The van der Waals surface area contributed by atoms with Crippen LogP contribution < -0.4 is 20.5 Å². The zero-order valence-corrected chi connectivity index (χ0v) is 16.6. The topological polar surface area (TPSA) is 134 Å². The molecule has 152 valence electrons. The molecule has 0 aliphatic carbocycles. The number of nitrogens with zero attached hydrogens (tertiary/aromatic N) is 3. The number of nitrogens with one attached hydrogen (secondary N) is 1. The van der Waals surface area contributed by atoms with Gasteiger partial charge >= 0.3 is 0 Å². The molecular weight excluding hydrogens is 398 g/mol. The van der Waals surface area contributed by atoms with Crippen molar-refractivity contribution < 1.29 is 23.5 Å². The van der Waals surface area contributed by atoms with Gasteiger partial charge in [0.15, 0.2) is 10.9 Å². The third-order valence-corrected chi connectivity index (χ3v) is 4.75. The third kappa shape index (κ3) is 4.88. The van der Waals surface area contributed by atoms with E-state index in [1.54, 1.807) is 30.3 Å². The van der Waals surface area contributed by atoms with E-state index in [0.717, 1.165) is 11.8 Å². The maximum atomic E-state index is 12.4. The lowest BCUT2D eigenvalue weighted by Crippen LogP contribution is -2.20. The lowest BCUT2D eigenvalue weighted by atomic mass is 10.2. The Hall–Kier alpha value is -3.47. The van der Waals surface area contributed by atoms with Crippen molar-refractivity contribution in [2.45, 2.75) is 11.7 Å². The molecule has 0 aliphatic rings. The smallest absolute Gasteiger partial charge is 0.237 e. The Balaban J connectivity index is 1.73. The maximum absolute atomic E-state index is 12.4. The predicted molar refractivity (Wildman–Crippen MR) is 106 cm³/mol. The Bertz CT molecular complexity index is 1000. The van der Waals surface area contributed by atoms with Crippen molar-refractivity contribution in [3.05, 3.63) is 36.6 Å². The minimum Gasteiger partial charge on any atom is -0.497 e. The Labute approximate surface area is 170 Å². The molecule has 0 spiro atoms. The first-order chi connectivity index (χ1) is 14.0. The molecule has 0 saturated heterocycles. The first-order valence-electron chi connectivity index (χ1n) is 8.42. The van der Waals surface area contributed by atoms with E-state index in [4.69, 9.17) is 19.6 Å². The number of thioether (sulfide) groups is 1. The summed E-state index contributed by atoms with van der Waals surface area (Å²) in [5.41, 5.74) is 5.81. The molecule has 1 aromatic carbocycles. The first-order valence-corrected chi connectivity index (χ1v) is 9.40. The van der Waals surface area contributed by atoms with Crippen LogP contribution in [0.25, 0.3) is 11.6 Å². The van der Waals surface area contributed by atoms with Gasteiger partial charge in [0.25, 0.3) is 0 Å². The zero-order chi connectivity index (χ0) is 20.8. The van der Waals surface area contributed by atoms with Gasteiger partial charge in [-0.25, -0.2) is 0 Å². The van der Waals surface area contributed by atoms with E-state index in [1.165, 1.54) is 25.0 Å². The summed E-state index contributed by atoms with van der Waals surface area (Å²) >= 11 is 1.11. The van der Waals surface area contributed by atoms with E-state index in [9.17, 15) is 9.59 Å². The van der Waals surface area contributed by atoms with Crippen molar-refractivity contribution in [2.75, 3.05) is 25.3 Å². The van der Waals surface area contributed by atoms with Crippen LogP contribution in [0.3, 0.4) is 0 Å². The van der Waals surface area contributed by atoms with Crippen LogP contribution in [0.15, 0.2) is 46.2 Å². The number of amides is 2. The molecule has 3 N–H and O–H groups in total. The zero-order valence-electron chi connectivity index (χ0n) is 15.7. The molecule has 2 heterocycles. The second-order valence-corrected chi connectivity index (χ2v) is 6.68. The SMILES string of the molecule is COc1ccc(OC)c(NC(=O)CSc2nnc(-c3ccco3)n2CC(N)=O)c1. The van der Waals surface area contributed by atoms with E-state index >= 15 is 0 Å². The van der Waals surface area contributed by atoms with Crippen LogP contribution >= 0.6 is 11.8 Å². The highest BCUT2D eigenvalue weighted by molar-refractivity contribution is 7.99. The number of hydrogen-bond donors (Lipinski definition) is 2. The summed E-state index contributed by atoms with van der Waals surface area (Å²) in [5.74, 6) is 1.04. The molecule has 2 aromatic heterocycles. The fourth-order valence-corrected chi connectivity index (χ4v) is 3.25. The van der Waals surface area contributed by atoms with Gasteiger partial charge in [-0.1, -0.05) is 11.8 Å². The van der Waals surface area contributed by atoms with Gasteiger partial charge in [0.1, 0.15) is 18.0 Å². The normalized spacial score (nSPS) is 10.6. The van der Waals surface area contributed by atoms with Crippen LogP contribution in [-0.2, 0) is 16.1 Å². The van der Waals surface area contributed by atoms with E-state index in [2.05, 4.69) is 15.5 Å². The second kappa shape index (κ2) is 9.15. The number of aromatic nitrogens is 3. The lowest BCUT2D eigenvalue weighted by molar-refractivity contribution is -0.118. The minimum absolute atomic E-state index is 0.0232. The molecule has 3 aromatic rings. The number of ether oxygens (including phenoxy) is 2. The second-order valence-electron chi connectivity index (χ2n) is 5.74. The molecule has 11 heteroatoms. The summed E-state index contributed by atoms with van der Waals surface area (Å²) in [6.45, 7) is -0.142. The molecule has 29 heavy (non-hydrogen) atoms. The number of methoxy groups -OCH3 is 2.